The van der Waals surface area contributed by atoms with E-state index in [2.05, 4.69) is 15.3 Å². The predicted octanol–water partition coefficient (Wildman–Crippen LogP) is 3.45. The van der Waals surface area contributed by atoms with E-state index in [1.807, 2.05) is 37.3 Å². The molecule has 0 unspecified atom stereocenters. The van der Waals surface area contributed by atoms with Gasteiger partial charge in [0, 0.05) is 10.6 Å². The Morgan fingerprint density at radius 2 is 2.10 bits per heavy atom. The molecule has 0 saturated carbocycles. The summed E-state index contributed by atoms with van der Waals surface area (Å²) in [4.78, 5) is 19.7. The number of aromatic nitrogens is 2. The maximum atomic E-state index is 12.1. The summed E-state index contributed by atoms with van der Waals surface area (Å²) in [5.74, 6) is 0.556. The zero-order valence-electron chi connectivity index (χ0n) is 11.5. The maximum absolute atomic E-state index is 12.1. The van der Waals surface area contributed by atoms with Gasteiger partial charge in [0.1, 0.15) is 5.82 Å². The fourth-order valence-corrected chi connectivity index (χ4v) is 2.27. The standard InChI is InChI=1S/C16H14ClN3O/c1-10-6-7-11(8-12(10)17)16(21)18-9-15-19-13-4-2-3-5-14(13)20-15/h2-8H,9H2,1H3,(H,18,21)(H,19,20). The molecule has 0 saturated heterocycles. The molecule has 3 aromatic rings. The summed E-state index contributed by atoms with van der Waals surface area (Å²) in [5.41, 5.74) is 3.34. The first-order chi connectivity index (χ1) is 10.1. The number of halogens is 1. The molecule has 0 fully saturated rings. The normalized spacial score (nSPS) is 10.8. The Balaban J connectivity index is 1.71. The number of hydrogen-bond acceptors (Lipinski definition) is 2. The van der Waals surface area contributed by atoms with E-state index in [1.54, 1.807) is 12.1 Å². The Kier molecular flexibility index (Phi) is 3.62. The lowest BCUT2D eigenvalue weighted by atomic mass is 10.1. The number of para-hydroxylation sites is 2. The van der Waals surface area contributed by atoms with Crippen LogP contribution < -0.4 is 5.32 Å². The number of hydrogen-bond donors (Lipinski definition) is 2. The molecule has 1 heterocycles. The summed E-state index contributed by atoms with van der Waals surface area (Å²) < 4.78 is 0. The number of amides is 1. The smallest absolute Gasteiger partial charge is 0.251 e. The third-order valence-electron chi connectivity index (χ3n) is 3.29. The van der Waals surface area contributed by atoms with Crippen LogP contribution in [0.15, 0.2) is 42.5 Å². The molecule has 2 N–H and O–H groups in total. The van der Waals surface area contributed by atoms with Crippen LogP contribution in [0.5, 0.6) is 0 Å². The van der Waals surface area contributed by atoms with E-state index in [1.165, 1.54) is 0 Å². The van der Waals surface area contributed by atoms with E-state index in [-0.39, 0.29) is 5.91 Å². The first-order valence-electron chi connectivity index (χ1n) is 6.61. The van der Waals surface area contributed by atoms with Crippen LogP contribution in [0.2, 0.25) is 5.02 Å². The molecule has 0 atom stereocenters. The van der Waals surface area contributed by atoms with Crippen LogP contribution in [-0.2, 0) is 6.54 Å². The lowest BCUT2D eigenvalue weighted by Gasteiger charge is -2.05. The highest BCUT2D eigenvalue weighted by atomic mass is 35.5. The van der Waals surface area contributed by atoms with Crippen molar-refractivity contribution >= 4 is 28.5 Å². The van der Waals surface area contributed by atoms with Gasteiger partial charge in [-0.1, -0.05) is 29.8 Å². The summed E-state index contributed by atoms with van der Waals surface area (Å²) >= 11 is 6.03. The number of aryl methyl sites for hydroxylation is 1. The van der Waals surface area contributed by atoms with E-state index < -0.39 is 0 Å². The van der Waals surface area contributed by atoms with Gasteiger partial charge in [0.05, 0.1) is 17.6 Å². The van der Waals surface area contributed by atoms with Crippen LogP contribution in [0, 0.1) is 6.92 Å². The monoisotopic (exact) mass is 299 g/mol. The highest BCUT2D eigenvalue weighted by Gasteiger charge is 2.08. The van der Waals surface area contributed by atoms with E-state index in [4.69, 9.17) is 11.6 Å². The van der Waals surface area contributed by atoms with Crippen molar-refractivity contribution in [1.82, 2.24) is 15.3 Å². The Morgan fingerprint density at radius 1 is 1.29 bits per heavy atom. The highest BCUT2D eigenvalue weighted by molar-refractivity contribution is 6.31. The second kappa shape index (κ2) is 5.58. The zero-order valence-corrected chi connectivity index (χ0v) is 12.2. The van der Waals surface area contributed by atoms with Gasteiger partial charge < -0.3 is 10.3 Å². The molecular formula is C16H14ClN3O. The molecule has 1 aromatic heterocycles. The van der Waals surface area contributed by atoms with Crippen molar-refractivity contribution in [2.24, 2.45) is 0 Å². The van der Waals surface area contributed by atoms with Gasteiger partial charge in [-0.15, -0.1) is 0 Å². The van der Waals surface area contributed by atoms with Gasteiger partial charge in [-0.25, -0.2) is 4.98 Å². The van der Waals surface area contributed by atoms with Gasteiger partial charge in [-0.2, -0.15) is 0 Å². The molecule has 21 heavy (non-hydrogen) atoms. The van der Waals surface area contributed by atoms with Crippen molar-refractivity contribution in [3.05, 3.63) is 64.4 Å². The van der Waals surface area contributed by atoms with Gasteiger partial charge in [0.25, 0.3) is 5.91 Å². The Labute approximate surface area is 127 Å². The average molecular weight is 300 g/mol. The lowest BCUT2D eigenvalue weighted by Crippen LogP contribution is -2.23. The van der Waals surface area contributed by atoms with Crippen molar-refractivity contribution in [3.63, 3.8) is 0 Å². The maximum Gasteiger partial charge on any atom is 0.251 e. The van der Waals surface area contributed by atoms with E-state index in [0.29, 0.717) is 17.1 Å². The number of carbonyl (C=O) groups is 1. The zero-order chi connectivity index (χ0) is 14.8. The fraction of sp³-hybridized carbons (Fsp3) is 0.125. The van der Waals surface area contributed by atoms with Crippen LogP contribution in [-0.4, -0.2) is 15.9 Å². The minimum atomic E-state index is -0.169. The molecule has 0 bridgehead atoms. The van der Waals surface area contributed by atoms with Gasteiger partial charge in [0.15, 0.2) is 0 Å². The van der Waals surface area contributed by atoms with Crippen molar-refractivity contribution in [2.45, 2.75) is 13.5 Å². The number of carbonyl (C=O) groups excluding carboxylic acids is 1. The largest absolute Gasteiger partial charge is 0.345 e. The molecule has 0 aliphatic heterocycles. The number of rotatable bonds is 3. The van der Waals surface area contributed by atoms with Crippen LogP contribution in [0.1, 0.15) is 21.7 Å². The number of H-pyrrole nitrogens is 1. The van der Waals surface area contributed by atoms with Crippen LogP contribution in [0.3, 0.4) is 0 Å². The van der Waals surface area contributed by atoms with E-state index in [0.717, 1.165) is 22.4 Å². The molecule has 1 amide bonds. The number of nitrogens with one attached hydrogen (secondary N) is 2. The second-order valence-corrected chi connectivity index (χ2v) is 5.25. The molecule has 5 heteroatoms. The molecule has 0 aliphatic carbocycles. The van der Waals surface area contributed by atoms with Crippen LogP contribution >= 0.6 is 11.6 Å². The third kappa shape index (κ3) is 2.90. The Bertz CT molecular complexity index is 777. The molecule has 3 rings (SSSR count). The Morgan fingerprint density at radius 3 is 2.86 bits per heavy atom. The molecule has 2 aromatic carbocycles. The number of benzene rings is 2. The average Bonchev–Trinajstić information content (AvgIpc) is 2.90. The second-order valence-electron chi connectivity index (χ2n) is 4.85. The van der Waals surface area contributed by atoms with Gasteiger partial charge in [-0.05, 0) is 36.8 Å². The Hall–Kier alpha value is -2.33. The first-order valence-corrected chi connectivity index (χ1v) is 6.99. The van der Waals surface area contributed by atoms with Gasteiger partial charge in [0.2, 0.25) is 0 Å². The van der Waals surface area contributed by atoms with Crippen molar-refractivity contribution in [3.8, 4) is 0 Å². The third-order valence-corrected chi connectivity index (χ3v) is 3.70. The minimum Gasteiger partial charge on any atom is -0.345 e. The van der Waals surface area contributed by atoms with Crippen molar-refractivity contribution < 1.29 is 4.79 Å². The summed E-state index contributed by atoms with van der Waals surface area (Å²) in [5, 5.41) is 3.42. The first kappa shape index (κ1) is 13.6. The predicted molar refractivity (Wildman–Crippen MR) is 83.5 cm³/mol. The number of fused-ring (bicyclic) bond motifs is 1. The van der Waals surface area contributed by atoms with Crippen LogP contribution in [0.25, 0.3) is 11.0 Å². The van der Waals surface area contributed by atoms with Crippen LogP contribution in [0.4, 0.5) is 0 Å². The lowest BCUT2D eigenvalue weighted by molar-refractivity contribution is 0.0950. The molecule has 0 radical (unpaired) electrons. The fourth-order valence-electron chi connectivity index (χ4n) is 2.09. The molecule has 0 spiro atoms. The molecule has 106 valence electrons. The van der Waals surface area contributed by atoms with Gasteiger partial charge >= 0.3 is 0 Å². The minimum absolute atomic E-state index is 0.169. The summed E-state index contributed by atoms with van der Waals surface area (Å²) in [6.45, 7) is 2.25. The molecule has 4 nitrogen and oxygen atoms in total. The number of nitrogens with zero attached hydrogens (tertiary/aromatic N) is 1. The number of imidazole rings is 1. The van der Waals surface area contributed by atoms with E-state index >= 15 is 0 Å². The summed E-state index contributed by atoms with van der Waals surface area (Å²) in [6, 6.07) is 13.0. The summed E-state index contributed by atoms with van der Waals surface area (Å²) in [6.07, 6.45) is 0. The number of aromatic amines is 1. The van der Waals surface area contributed by atoms with Crippen molar-refractivity contribution in [2.75, 3.05) is 0 Å². The van der Waals surface area contributed by atoms with Crippen molar-refractivity contribution in [1.29, 1.82) is 0 Å². The summed E-state index contributed by atoms with van der Waals surface area (Å²) in [7, 11) is 0. The highest BCUT2D eigenvalue weighted by Crippen LogP contribution is 2.16. The van der Waals surface area contributed by atoms with Gasteiger partial charge in [-0.3, -0.25) is 4.79 Å². The van der Waals surface area contributed by atoms with E-state index in [9.17, 15) is 4.79 Å². The quantitative estimate of drug-likeness (QED) is 0.778. The molecular weight excluding hydrogens is 286 g/mol. The SMILES string of the molecule is Cc1ccc(C(=O)NCc2nc3ccccc3[nH]2)cc1Cl. The topological polar surface area (TPSA) is 57.8 Å². The molecule has 0 aliphatic rings.